The number of carbonyl (C=O) groups excluding carboxylic acids is 1. The molecular weight excluding hydrogens is 240 g/mol. The third-order valence-corrected chi connectivity index (χ3v) is 3.42. The Morgan fingerprint density at radius 2 is 1.88 bits per heavy atom. The van der Waals surface area contributed by atoms with Crippen LogP contribution in [0.2, 0.25) is 0 Å². The molecule has 0 bridgehead atoms. The maximum absolute atomic E-state index is 11.6. The van der Waals surface area contributed by atoms with E-state index < -0.39 is 9.84 Å². The fraction of sp³-hybridized carbons (Fsp3) is 0.909. The number of rotatable bonds is 8. The highest BCUT2D eigenvalue weighted by Gasteiger charge is 2.17. The molecule has 0 aliphatic heterocycles. The first kappa shape index (κ1) is 16.4. The van der Waals surface area contributed by atoms with Crippen LogP contribution in [-0.2, 0) is 14.6 Å². The zero-order valence-electron chi connectivity index (χ0n) is 11.1. The van der Waals surface area contributed by atoms with Gasteiger partial charge >= 0.3 is 0 Å². The lowest BCUT2D eigenvalue weighted by atomic mass is 10.2. The van der Waals surface area contributed by atoms with E-state index in [1.807, 2.05) is 0 Å². The lowest BCUT2D eigenvalue weighted by Crippen LogP contribution is -2.47. The van der Waals surface area contributed by atoms with Gasteiger partial charge in [-0.25, -0.2) is 8.42 Å². The molecule has 0 spiro atoms. The van der Waals surface area contributed by atoms with E-state index in [9.17, 15) is 13.2 Å². The summed E-state index contributed by atoms with van der Waals surface area (Å²) in [6, 6.07) is -0.597. The fourth-order valence-electron chi connectivity index (χ4n) is 1.55. The van der Waals surface area contributed by atoms with Crippen LogP contribution in [0.4, 0.5) is 0 Å². The number of unbranched alkanes of at least 4 members (excludes halogenated alkanes) is 1. The number of hydrogen-bond acceptors (Lipinski definition) is 4. The van der Waals surface area contributed by atoms with Crippen LogP contribution in [0.25, 0.3) is 0 Å². The van der Waals surface area contributed by atoms with E-state index in [0.717, 1.165) is 12.8 Å². The SMILES string of the molecule is CCCCNC(=O)C(C)NC(C)CS(C)(=O)=O. The van der Waals surface area contributed by atoms with Gasteiger partial charge in [0.05, 0.1) is 11.8 Å². The molecule has 0 aliphatic carbocycles. The Morgan fingerprint density at radius 1 is 1.29 bits per heavy atom. The highest BCUT2D eigenvalue weighted by Crippen LogP contribution is 1.93. The lowest BCUT2D eigenvalue weighted by molar-refractivity contribution is -0.122. The Hall–Kier alpha value is -0.620. The normalized spacial score (nSPS) is 15.3. The van der Waals surface area contributed by atoms with Crippen molar-refractivity contribution in [1.29, 1.82) is 0 Å². The van der Waals surface area contributed by atoms with Crippen molar-refractivity contribution >= 4 is 15.7 Å². The molecular formula is C11H24N2O3S. The van der Waals surface area contributed by atoms with Gasteiger partial charge in [-0.05, 0) is 20.3 Å². The zero-order valence-corrected chi connectivity index (χ0v) is 11.9. The molecule has 0 fully saturated rings. The first-order valence-electron chi connectivity index (χ1n) is 5.97. The topological polar surface area (TPSA) is 75.3 Å². The number of carbonyl (C=O) groups is 1. The van der Waals surface area contributed by atoms with Gasteiger partial charge in [-0.2, -0.15) is 0 Å². The molecule has 0 aliphatic rings. The maximum atomic E-state index is 11.6. The Bertz CT molecular complexity index is 328. The van der Waals surface area contributed by atoms with Crippen molar-refractivity contribution in [2.45, 2.75) is 45.7 Å². The number of hydrogen-bond donors (Lipinski definition) is 2. The summed E-state index contributed by atoms with van der Waals surface area (Å²) in [7, 11) is -3.01. The Labute approximate surface area is 104 Å². The van der Waals surface area contributed by atoms with Crippen LogP contribution in [0.3, 0.4) is 0 Å². The quantitative estimate of drug-likeness (QED) is 0.619. The molecule has 2 atom stereocenters. The molecule has 0 radical (unpaired) electrons. The molecule has 0 aromatic heterocycles. The van der Waals surface area contributed by atoms with Gasteiger partial charge in [0.1, 0.15) is 9.84 Å². The molecule has 2 N–H and O–H groups in total. The summed E-state index contributed by atoms with van der Waals surface area (Å²) < 4.78 is 22.1. The number of nitrogens with one attached hydrogen (secondary N) is 2. The van der Waals surface area contributed by atoms with Crippen LogP contribution >= 0.6 is 0 Å². The highest BCUT2D eigenvalue weighted by molar-refractivity contribution is 7.90. The predicted molar refractivity (Wildman–Crippen MR) is 69.7 cm³/mol. The summed E-state index contributed by atoms with van der Waals surface area (Å²) in [6.07, 6.45) is 3.18. The Kier molecular flexibility index (Phi) is 7.38. The van der Waals surface area contributed by atoms with Gasteiger partial charge in [0, 0.05) is 18.8 Å². The third kappa shape index (κ3) is 9.12. The predicted octanol–water partition coefficient (Wildman–Crippen LogP) is 0.314. The van der Waals surface area contributed by atoms with Crippen LogP contribution in [0.5, 0.6) is 0 Å². The van der Waals surface area contributed by atoms with E-state index in [0.29, 0.717) is 6.54 Å². The van der Waals surface area contributed by atoms with Gasteiger partial charge < -0.3 is 10.6 Å². The van der Waals surface area contributed by atoms with E-state index in [1.54, 1.807) is 13.8 Å². The maximum Gasteiger partial charge on any atom is 0.236 e. The van der Waals surface area contributed by atoms with Crippen molar-refractivity contribution in [3.63, 3.8) is 0 Å². The molecule has 5 nitrogen and oxygen atoms in total. The van der Waals surface area contributed by atoms with Crippen molar-refractivity contribution in [2.24, 2.45) is 0 Å². The first-order chi connectivity index (χ1) is 7.76. The minimum atomic E-state index is -3.01. The minimum absolute atomic E-state index is 0.0413. The summed E-state index contributed by atoms with van der Waals surface area (Å²) in [5.41, 5.74) is 0. The van der Waals surface area contributed by atoms with Gasteiger partial charge in [-0.3, -0.25) is 4.79 Å². The first-order valence-corrected chi connectivity index (χ1v) is 8.03. The summed E-state index contributed by atoms with van der Waals surface area (Å²) in [4.78, 5) is 11.6. The Morgan fingerprint density at radius 3 is 2.35 bits per heavy atom. The van der Waals surface area contributed by atoms with Crippen LogP contribution in [0.15, 0.2) is 0 Å². The second kappa shape index (κ2) is 7.66. The summed E-state index contributed by atoms with van der Waals surface area (Å²) in [5.74, 6) is -0.0432. The summed E-state index contributed by atoms with van der Waals surface area (Å²) in [5, 5.41) is 5.77. The molecule has 0 rings (SSSR count). The van der Waals surface area contributed by atoms with Crippen molar-refractivity contribution in [1.82, 2.24) is 10.6 Å². The Balaban J connectivity index is 3.98. The van der Waals surface area contributed by atoms with Gasteiger partial charge in [0.25, 0.3) is 0 Å². The zero-order chi connectivity index (χ0) is 13.5. The van der Waals surface area contributed by atoms with Gasteiger partial charge in [0.15, 0.2) is 0 Å². The van der Waals surface area contributed by atoms with Crippen molar-refractivity contribution in [3.8, 4) is 0 Å². The highest BCUT2D eigenvalue weighted by atomic mass is 32.2. The van der Waals surface area contributed by atoms with E-state index in [1.165, 1.54) is 6.26 Å². The van der Waals surface area contributed by atoms with Crippen LogP contribution in [0.1, 0.15) is 33.6 Å². The third-order valence-electron chi connectivity index (χ3n) is 2.31. The lowest BCUT2D eigenvalue weighted by Gasteiger charge is -2.18. The van der Waals surface area contributed by atoms with Crippen molar-refractivity contribution < 1.29 is 13.2 Å². The van der Waals surface area contributed by atoms with E-state index >= 15 is 0 Å². The van der Waals surface area contributed by atoms with Gasteiger partial charge in [-0.1, -0.05) is 13.3 Å². The molecule has 2 unspecified atom stereocenters. The van der Waals surface area contributed by atoms with Crippen LogP contribution in [0, 0.1) is 0 Å². The second-order valence-corrected chi connectivity index (χ2v) is 6.71. The molecule has 0 aromatic rings. The van der Waals surface area contributed by atoms with E-state index in [4.69, 9.17) is 0 Å². The average Bonchev–Trinajstić information content (AvgIpc) is 2.14. The molecule has 0 heterocycles. The fourth-order valence-corrected chi connectivity index (χ4v) is 2.55. The molecule has 6 heteroatoms. The standard InChI is InChI=1S/C11H24N2O3S/c1-5-6-7-12-11(14)10(3)13-9(2)8-17(4,15)16/h9-10,13H,5-8H2,1-4H3,(H,12,14). The molecule has 0 aromatic carbocycles. The second-order valence-electron chi connectivity index (χ2n) is 4.53. The largest absolute Gasteiger partial charge is 0.355 e. The van der Waals surface area contributed by atoms with Crippen molar-refractivity contribution in [3.05, 3.63) is 0 Å². The van der Waals surface area contributed by atoms with Gasteiger partial charge in [-0.15, -0.1) is 0 Å². The molecule has 0 saturated heterocycles. The number of sulfone groups is 1. The molecule has 17 heavy (non-hydrogen) atoms. The van der Waals surface area contributed by atoms with Crippen molar-refractivity contribution in [2.75, 3.05) is 18.6 Å². The van der Waals surface area contributed by atoms with E-state index in [-0.39, 0.29) is 23.7 Å². The molecule has 1 amide bonds. The van der Waals surface area contributed by atoms with Crippen LogP contribution in [-0.4, -0.2) is 45.0 Å². The van der Waals surface area contributed by atoms with E-state index in [2.05, 4.69) is 17.6 Å². The molecule has 0 saturated carbocycles. The summed E-state index contributed by atoms with van der Waals surface area (Å²) in [6.45, 7) is 6.22. The number of amides is 1. The summed E-state index contributed by atoms with van der Waals surface area (Å²) >= 11 is 0. The van der Waals surface area contributed by atoms with Crippen LogP contribution < -0.4 is 10.6 Å². The smallest absolute Gasteiger partial charge is 0.236 e. The average molecular weight is 264 g/mol. The monoisotopic (exact) mass is 264 g/mol. The molecule has 102 valence electrons. The van der Waals surface area contributed by atoms with Gasteiger partial charge in [0.2, 0.25) is 5.91 Å². The minimum Gasteiger partial charge on any atom is -0.355 e.